The lowest BCUT2D eigenvalue weighted by Gasteiger charge is -2.27. The Morgan fingerprint density at radius 1 is 1.04 bits per heavy atom. The summed E-state index contributed by atoms with van der Waals surface area (Å²) >= 11 is 0. The van der Waals surface area contributed by atoms with Gasteiger partial charge in [-0.2, -0.15) is 12.7 Å². The van der Waals surface area contributed by atoms with Crippen molar-refractivity contribution in [2.75, 3.05) is 30.3 Å². The molecule has 0 unspecified atom stereocenters. The second-order valence-electron chi connectivity index (χ2n) is 6.06. The number of anilines is 2. The number of amides is 1. The van der Waals surface area contributed by atoms with Crippen LogP contribution in [0.25, 0.3) is 0 Å². The van der Waals surface area contributed by atoms with Crippen molar-refractivity contribution in [1.82, 2.24) is 4.31 Å². The van der Waals surface area contributed by atoms with Crippen LogP contribution in [-0.2, 0) is 15.0 Å². The second kappa shape index (κ2) is 7.84. The number of hydrogen-bond acceptors (Lipinski definition) is 3. The number of para-hydroxylation sites is 2. The van der Waals surface area contributed by atoms with Gasteiger partial charge in [0, 0.05) is 19.8 Å². The standard InChI is InChI=1S/C18H22FN3O3S/c1-13-8-7-9-14(2)18(13)20-17(23)12-22(26(24,25)21(3)4)16-11-6-5-10-15(16)19/h5-11H,12H2,1-4H3,(H,20,23). The Balaban J connectivity index is 2.36. The van der Waals surface area contributed by atoms with E-state index in [0.717, 1.165) is 25.8 Å². The van der Waals surface area contributed by atoms with Gasteiger partial charge in [0.1, 0.15) is 12.4 Å². The molecule has 2 rings (SSSR count). The molecular formula is C18H22FN3O3S. The molecule has 1 N–H and O–H groups in total. The number of rotatable bonds is 6. The summed E-state index contributed by atoms with van der Waals surface area (Å²) in [5, 5.41) is 2.72. The molecule has 0 fully saturated rings. The Labute approximate surface area is 153 Å². The van der Waals surface area contributed by atoms with Crippen LogP contribution in [0.15, 0.2) is 42.5 Å². The minimum absolute atomic E-state index is 0.183. The molecule has 0 radical (unpaired) electrons. The fraction of sp³-hybridized carbons (Fsp3) is 0.278. The van der Waals surface area contributed by atoms with Crippen molar-refractivity contribution in [1.29, 1.82) is 0 Å². The summed E-state index contributed by atoms with van der Waals surface area (Å²) < 4.78 is 41.1. The number of hydrogen-bond donors (Lipinski definition) is 1. The predicted octanol–water partition coefficient (Wildman–Crippen LogP) is 2.69. The van der Waals surface area contributed by atoms with Gasteiger partial charge in [-0.05, 0) is 37.1 Å². The van der Waals surface area contributed by atoms with Gasteiger partial charge in [0.05, 0.1) is 5.69 Å². The highest BCUT2D eigenvalue weighted by Gasteiger charge is 2.29. The Bertz CT molecular complexity index is 893. The number of carbonyl (C=O) groups excluding carboxylic acids is 1. The summed E-state index contributed by atoms with van der Waals surface area (Å²) in [6, 6.07) is 11.0. The van der Waals surface area contributed by atoms with Crippen molar-refractivity contribution in [3.05, 3.63) is 59.4 Å². The van der Waals surface area contributed by atoms with Crippen molar-refractivity contribution in [3.8, 4) is 0 Å². The fourth-order valence-electron chi connectivity index (χ4n) is 2.46. The maximum Gasteiger partial charge on any atom is 0.304 e. The minimum Gasteiger partial charge on any atom is -0.324 e. The van der Waals surface area contributed by atoms with Gasteiger partial charge in [0.2, 0.25) is 5.91 Å². The number of halogens is 1. The van der Waals surface area contributed by atoms with E-state index in [1.807, 2.05) is 32.0 Å². The van der Waals surface area contributed by atoms with Gasteiger partial charge in [-0.25, -0.2) is 8.70 Å². The van der Waals surface area contributed by atoms with Crippen molar-refractivity contribution in [3.63, 3.8) is 0 Å². The number of aryl methyl sites for hydroxylation is 2. The average molecular weight is 379 g/mol. The Hall–Kier alpha value is -2.45. The van der Waals surface area contributed by atoms with Gasteiger partial charge >= 0.3 is 10.2 Å². The third kappa shape index (κ3) is 4.20. The lowest BCUT2D eigenvalue weighted by molar-refractivity contribution is -0.114. The van der Waals surface area contributed by atoms with Crippen LogP contribution in [0.3, 0.4) is 0 Å². The Morgan fingerprint density at radius 2 is 1.62 bits per heavy atom. The highest BCUT2D eigenvalue weighted by molar-refractivity contribution is 7.90. The van der Waals surface area contributed by atoms with E-state index in [0.29, 0.717) is 5.69 Å². The molecule has 0 saturated heterocycles. The monoisotopic (exact) mass is 379 g/mol. The fourth-order valence-corrected chi connectivity index (χ4v) is 3.53. The smallest absolute Gasteiger partial charge is 0.304 e. The van der Waals surface area contributed by atoms with Crippen molar-refractivity contribution in [2.24, 2.45) is 0 Å². The van der Waals surface area contributed by atoms with Gasteiger partial charge in [-0.15, -0.1) is 0 Å². The number of benzene rings is 2. The Kier molecular flexibility index (Phi) is 5.99. The zero-order valence-electron chi connectivity index (χ0n) is 15.2. The average Bonchev–Trinajstić information content (AvgIpc) is 2.56. The highest BCUT2D eigenvalue weighted by atomic mass is 32.2. The molecule has 2 aromatic carbocycles. The first-order valence-corrected chi connectivity index (χ1v) is 9.35. The van der Waals surface area contributed by atoms with Gasteiger partial charge in [0.25, 0.3) is 0 Å². The van der Waals surface area contributed by atoms with Gasteiger partial charge < -0.3 is 5.32 Å². The van der Waals surface area contributed by atoms with Crippen molar-refractivity contribution in [2.45, 2.75) is 13.8 Å². The number of nitrogens with one attached hydrogen (secondary N) is 1. The summed E-state index contributed by atoms with van der Waals surface area (Å²) in [5.74, 6) is -1.28. The normalized spacial score (nSPS) is 11.5. The molecule has 0 heterocycles. The van der Waals surface area contributed by atoms with Crippen LogP contribution >= 0.6 is 0 Å². The quantitative estimate of drug-likeness (QED) is 0.839. The minimum atomic E-state index is -4.06. The molecule has 0 aromatic heterocycles. The number of nitrogens with zero attached hydrogens (tertiary/aromatic N) is 2. The van der Waals surface area contributed by atoms with Crippen LogP contribution in [0, 0.1) is 19.7 Å². The first kappa shape index (κ1) is 19.9. The molecule has 0 atom stereocenters. The molecule has 0 saturated carbocycles. The van der Waals surface area contributed by atoms with Gasteiger partial charge in [-0.1, -0.05) is 30.3 Å². The van der Waals surface area contributed by atoms with E-state index >= 15 is 0 Å². The summed E-state index contributed by atoms with van der Waals surface area (Å²) in [5.41, 5.74) is 2.14. The largest absolute Gasteiger partial charge is 0.324 e. The predicted molar refractivity (Wildman–Crippen MR) is 101 cm³/mol. The van der Waals surface area contributed by atoms with E-state index in [4.69, 9.17) is 0 Å². The molecule has 0 aliphatic rings. The number of carbonyl (C=O) groups is 1. The lowest BCUT2D eigenvalue weighted by atomic mass is 10.1. The van der Waals surface area contributed by atoms with Crippen LogP contribution in [0.2, 0.25) is 0 Å². The first-order chi connectivity index (χ1) is 12.1. The topological polar surface area (TPSA) is 69.7 Å². The molecule has 8 heteroatoms. The van der Waals surface area contributed by atoms with Gasteiger partial charge in [0.15, 0.2) is 0 Å². The third-order valence-electron chi connectivity index (χ3n) is 3.89. The van der Waals surface area contributed by atoms with E-state index in [9.17, 15) is 17.6 Å². The van der Waals surface area contributed by atoms with E-state index in [1.165, 1.54) is 32.3 Å². The second-order valence-corrected chi connectivity index (χ2v) is 8.13. The zero-order chi connectivity index (χ0) is 19.5. The van der Waals surface area contributed by atoms with E-state index < -0.39 is 28.5 Å². The first-order valence-electron chi connectivity index (χ1n) is 7.95. The van der Waals surface area contributed by atoms with Gasteiger partial charge in [-0.3, -0.25) is 4.79 Å². The SMILES string of the molecule is Cc1cccc(C)c1NC(=O)CN(c1ccccc1F)S(=O)(=O)N(C)C. The molecule has 0 aliphatic heterocycles. The lowest BCUT2D eigenvalue weighted by Crippen LogP contribution is -2.44. The summed E-state index contributed by atoms with van der Waals surface area (Å²) in [7, 11) is -1.40. The van der Waals surface area contributed by atoms with Crippen LogP contribution in [0.1, 0.15) is 11.1 Å². The molecule has 0 aliphatic carbocycles. The van der Waals surface area contributed by atoms with E-state index in [2.05, 4.69) is 5.32 Å². The van der Waals surface area contributed by atoms with Crippen molar-refractivity contribution < 1.29 is 17.6 Å². The summed E-state index contributed by atoms with van der Waals surface area (Å²) in [6.07, 6.45) is 0. The molecule has 140 valence electrons. The molecule has 1 amide bonds. The molecule has 0 spiro atoms. The maximum absolute atomic E-state index is 14.2. The van der Waals surface area contributed by atoms with E-state index in [1.54, 1.807) is 0 Å². The molecule has 2 aromatic rings. The van der Waals surface area contributed by atoms with Crippen molar-refractivity contribution >= 4 is 27.5 Å². The highest BCUT2D eigenvalue weighted by Crippen LogP contribution is 2.24. The van der Waals surface area contributed by atoms with E-state index in [-0.39, 0.29) is 5.69 Å². The maximum atomic E-state index is 14.2. The Morgan fingerprint density at radius 3 is 2.15 bits per heavy atom. The molecule has 26 heavy (non-hydrogen) atoms. The third-order valence-corrected chi connectivity index (χ3v) is 5.70. The van der Waals surface area contributed by atoms with Crippen LogP contribution in [0.5, 0.6) is 0 Å². The van der Waals surface area contributed by atoms with Crippen LogP contribution < -0.4 is 9.62 Å². The molecule has 6 nitrogen and oxygen atoms in total. The summed E-state index contributed by atoms with van der Waals surface area (Å²) in [4.78, 5) is 12.5. The molecule has 0 bridgehead atoms. The van der Waals surface area contributed by atoms with Crippen LogP contribution in [0.4, 0.5) is 15.8 Å². The zero-order valence-corrected chi connectivity index (χ0v) is 16.0. The van der Waals surface area contributed by atoms with Crippen LogP contribution in [-0.4, -0.2) is 39.3 Å². The summed E-state index contributed by atoms with van der Waals surface area (Å²) in [6.45, 7) is 3.14. The molecular weight excluding hydrogens is 357 g/mol.